The molecule has 0 aromatic carbocycles. The van der Waals surface area contributed by atoms with Gasteiger partial charge in [0.05, 0.1) is 0 Å². The van der Waals surface area contributed by atoms with Gasteiger partial charge in [-0.15, -0.1) is 23.2 Å². The van der Waals surface area contributed by atoms with E-state index < -0.39 is 0 Å². The second-order valence-electron chi connectivity index (χ2n) is 1.70. The third-order valence-corrected chi connectivity index (χ3v) is 0.567. The van der Waals surface area contributed by atoms with E-state index in [1.807, 2.05) is 20.8 Å². The predicted octanol–water partition coefficient (Wildman–Crippen LogP) is 3.27. The van der Waals surface area contributed by atoms with Crippen LogP contribution >= 0.6 is 23.2 Å². The SMILES string of the molecule is CC(C)Cl.CCCCl. The first-order chi connectivity index (χ1) is 3.65. The van der Waals surface area contributed by atoms with Gasteiger partial charge in [-0.1, -0.05) is 6.92 Å². The summed E-state index contributed by atoms with van der Waals surface area (Å²) in [7, 11) is 0. The lowest BCUT2D eigenvalue weighted by molar-refractivity contribution is 1.10. The quantitative estimate of drug-likeness (QED) is 0.512. The molecule has 0 aromatic heterocycles. The average molecular weight is 157 g/mol. The molecule has 8 heavy (non-hydrogen) atoms. The minimum Gasteiger partial charge on any atom is -0.127 e. The lowest BCUT2D eigenvalue weighted by Crippen LogP contribution is -1.70. The van der Waals surface area contributed by atoms with Gasteiger partial charge in [-0.3, -0.25) is 0 Å². The van der Waals surface area contributed by atoms with Crippen LogP contribution in [0.2, 0.25) is 0 Å². The minimum atomic E-state index is 0.306. The highest BCUT2D eigenvalue weighted by Crippen LogP contribution is 1.84. The average Bonchev–Trinajstić information content (AvgIpc) is 1.65. The van der Waals surface area contributed by atoms with Crippen molar-refractivity contribution in [3.63, 3.8) is 0 Å². The Morgan fingerprint density at radius 2 is 1.50 bits per heavy atom. The van der Waals surface area contributed by atoms with Gasteiger partial charge >= 0.3 is 0 Å². The summed E-state index contributed by atoms with van der Waals surface area (Å²) in [4.78, 5) is 0. The molecule has 0 aliphatic heterocycles. The topological polar surface area (TPSA) is 0 Å². The van der Waals surface area contributed by atoms with E-state index in [0.717, 1.165) is 12.3 Å². The first-order valence-electron chi connectivity index (χ1n) is 2.85. The molecule has 52 valence electrons. The van der Waals surface area contributed by atoms with E-state index >= 15 is 0 Å². The summed E-state index contributed by atoms with van der Waals surface area (Å²) in [5.74, 6) is 0.792. The van der Waals surface area contributed by atoms with Crippen LogP contribution in [-0.4, -0.2) is 11.3 Å². The molecule has 0 radical (unpaired) electrons. The maximum absolute atomic E-state index is 5.27. The Balaban J connectivity index is 0. The van der Waals surface area contributed by atoms with Gasteiger partial charge in [0.1, 0.15) is 0 Å². The van der Waals surface area contributed by atoms with E-state index in [9.17, 15) is 0 Å². The highest BCUT2D eigenvalue weighted by Gasteiger charge is 1.71. The molecule has 0 saturated carbocycles. The molecular weight excluding hydrogens is 143 g/mol. The fourth-order valence-corrected chi connectivity index (χ4v) is 0. The van der Waals surface area contributed by atoms with E-state index in [4.69, 9.17) is 23.2 Å². The summed E-state index contributed by atoms with van der Waals surface area (Å²) in [6.07, 6.45) is 1.08. The second-order valence-corrected chi connectivity index (χ2v) is 2.95. The lowest BCUT2D eigenvalue weighted by atomic mass is 10.6. The molecule has 2 heteroatoms. The molecule has 0 nitrogen and oxygen atoms in total. The molecule has 0 heterocycles. The molecule has 0 fully saturated rings. The zero-order valence-electron chi connectivity index (χ0n) is 5.75. The van der Waals surface area contributed by atoms with Gasteiger partial charge in [0.15, 0.2) is 0 Å². The van der Waals surface area contributed by atoms with Crippen molar-refractivity contribution < 1.29 is 0 Å². The van der Waals surface area contributed by atoms with Crippen molar-refractivity contribution in [1.29, 1.82) is 0 Å². The van der Waals surface area contributed by atoms with E-state index in [1.165, 1.54) is 0 Å². The fourth-order valence-electron chi connectivity index (χ4n) is 0. The highest BCUT2D eigenvalue weighted by atomic mass is 35.5. The lowest BCUT2D eigenvalue weighted by Gasteiger charge is -1.76. The van der Waals surface area contributed by atoms with Crippen LogP contribution in [0.25, 0.3) is 0 Å². The van der Waals surface area contributed by atoms with Gasteiger partial charge in [0, 0.05) is 11.3 Å². The summed E-state index contributed by atoms with van der Waals surface area (Å²) in [6, 6.07) is 0. The van der Waals surface area contributed by atoms with Crippen molar-refractivity contribution in [3.8, 4) is 0 Å². The second kappa shape index (κ2) is 10.5. The summed E-state index contributed by atoms with van der Waals surface area (Å²) >= 11 is 10.5. The van der Waals surface area contributed by atoms with Crippen LogP contribution in [0.1, 0.15) is 27.2 Å². The first-order valence-corrected chi connectivity index (χ1v) is 3.82. The largest absolute Gasteiger partial charge is 0.127 e. The van der Waals surface area contributed by atoms with Crippen molar-refractivity contribution in [2.45, 2.75) is 32.6 Å². The van der Waals surface area contributed by atoms with Crippen LogP contribution in [0.4, 0.5) is 0 Å². The van der Waals surface area contributed by atoms with Crippen molar-refractivity contribution in [2.24, 2.45) is 0 Å². The Hall–Kier alpha value is 0.580. The molecule has 0 spiro atoms. The smallest absolute Gasteiger partial charge is 0.0279 e. The molecule has 0 atom stereocenters. The van der Waals surface area contributed by atoms with Crippen LogP contribution in [-0.2, 0) is 0 Å². The van der Waals surface area contributed by atoms with E-state index in [-0.39, 0.29) is 0 Å². The molecular formula is C6H14Cl2. The van der Waals surface area contributed by atoms with Gasteiger partial charge in [0.25, 0.3) is 0 Å². The molecule has 0 unspecified atom stereocenters. The molecule has 0 saturated heterocycles. The van der Waals surface area contributed by atoms with Crippen LogP contribution in [0.3, 0.4) is 0 Å². The molecule has 0 rings (SSSR count). The Labute approximate surface area is 62.2 Å². The van der Waals surface area contributed by atoms with Crippen molar-refractivity contribution in [2.75, 3.05) is 5.88 Å². The predicted molar refractivity (Wildman–Crippen MR) is 42.0 cm³/mol. The van der Waals surface area contributed by atoms with Crippen LogP contribution in [0.15, 0.2) is 0 Å². The Bertz CT molecular complexity index is 23.0. The normalized spacial score (nSPS) is 8.25. The van der Waals surface area contributed by atoms with Crippen molar-refractivity contribution >= 4 is 23.2 Å². The number of hydrogen-bond donors (Lipinski definition) is 0. The molecule has 0 aliphatic rings. The van der Waals surface area contributed by atoms with E-state index in [2.05, 4.69) is 0 Å². The van der Waals surface area contributed by atoms with Gasteiger partial charge in [-0.2, -0.15) is 0 Å². The Morgan fingerprint density at radius 3 is 1.50 bits per heavy atom. The molecule has 0 amide bonds. The van der Waals surface area contributed by atoms with E-state index in [1.54, 1.807) is 0 Å². The van der Waals surface area contributed by atoms with Crippen molar-refractivity contribution in [1.82, 2.24) is 0 Å². The molecule has 0 aliphatic carbocycles. The number of hydrogen-bond acceptors (Lipinski definition) is 0. The van der Waals surface area contributed by atoms with Crippen LogP contribution < -0.4 is 0 Å². The van der Waals surface area contributed by atoms with Crippen LogP contribution in [0.5, 0.6) is 0 Å². The van der Waals surface area contributed by atoms with Crippen molar-refractivity contribution in [3.05, 3.63) is 0 Å². The van der Waals surface area contributed by atoms with Gasteiger partial charge in [-0.05, 0) is 20.3 Å². The maximum Gasteiger partial charge on any atom is 0.0279 e. The molecule has 0 N–H and O–H groups in total. The molecule has 0 aromatic rings. The molecule has 0 bridgehead atoms. The Kier molecular flexibility index (Phi) is 15.0. The Morgan fingerprint density at radius 1 is 1.38 bits per heavy atom. The van der Waals surface area contributed by atoms with Gasteiger partial charge in [0.2, 0.25) is 0 Å². The summed E-state index contributed by atoms with van der Waals surface area (Å²) < 4.78 is 0. The van der Waals surface area contributed by atoms with Crippen LogP contribution in [0, 0.1) is 0 Å². The third kappa shape index (κ3) is 82.1. The number of alkyl halides is 2. The maximum atomic E-state index is 5.27. The fraction of sp³-hybridized carbons (Fsp3) is 1.00. The monoisotopic (exact) mass is 156 g/mol. The van der Waals surface area contributed by atoms with Gasteiger partial charge < -0.3 is 0 Å². The summed E-state index contributed by atoms with van der Waals surface area (Å²) in [6.45, 7) is 5.91. The number of rotatable bonds is 1. The first kappa shape index (κ1) is 11.4. The minimum absolute atomic E-state index is 0.306. The van der Waals surface area contributed by atoms with E-state index in [0.29, 0.717) is 5.38 Å². The number of halogens is 2. The zero-order chi connectivity index (χ0) is 6.99. The third-order valence-electron chi connectivity index (χ3n) is 0.189. The summed E-state index contributed by atoms with van der Waals surface area (Å²) in [5.41, 5.74) is 0. The highest BCUT2D eigenvalue weighted by molar-refractivity contribution is 6.20. The zero-order valence-corrected chi connectivity index (χ0v) is 7.26. The standard InChI is InChI=1S/2C3H7Cl/c1-3(2)4;1-2-3-4/h3H,1-2H3;2-3H2,1H3. The summed E-state index contributed by atoms with van der Waals surface area (Å²) in [5, 5.41) is 0.306. The van der Waals surface area contributed by atoms with Gasteiger partial charge in [-0.25, -0.2) is 0 Å².